The summed E-state index contributed by atoms with van der Waals surface area (Å²) in [5.41, 5.74) is 2.18. The lowest BCUT2D eigenvalue weighted by Crippen LogP contribution is -1.87. The monoisotopic (exact) mass is 159 g/mol. The zero-order valence-electron chi connectivity index (χ0n) is 7.52. The van der Waals surface area contributed by atoms with E-state index in [1.165, 1.54) is 0 Å². The highest BCUT2D eigenvalue weighted by Gasteiger charge is 1.88. The highest BCUT2D eigenvalue weighted by molar-refractivity contribution is 5.49. The molecule has 0 unspecified atom stereocenters. The van der Waals surface area contributed by atoms with Gasteiger partial charge in [0.05, 0.1) is 0 Å². The van der Waals surface area contributed by atoms with Crippen molar-refractivity contribution < 1.29 is 0 Å². The van der Waals surface area contributed by atoms with Crippen LogP contribution in [-0.2, 0) is 0 Å². The minimum Gasteiger partial charge on any atom is -0.388 e. The molecule has 1 heteroatoms. The van der Waals surface area contributed by atoms with E-state index in [-0.39, 0.29) is 0 Å². The Balaban J connectivity index is 2.86. The van der Waals surface area contributed by atoms with Crippen LogP contribution in [0.25, 0.3) is 0 Å². The van der Waals surface area contributed by atoms with Crippen molar-refractivity contribution in [2.24, 2.45) is 0 Å². The first-order valence-electron chi connectivity index (χ1n) is 4.13. The Bertz CT molecular complexity index is 304. The quantitative estimate of drug-likeness (QED) is 0.621. The van der Waals surface area contributed by atoms with Crippen LogP contribution in [0.3, 0.4) is 0 Å². The number of rotatable bonds is 1. The van der Waals surface area contributed by atoms with E-state index in [1.54, 1.807) is 0 Å². The molecule has 1 rings (SSSR count). The summed E-state index contributed by atoms with van der Waals surface area (Å²) in [5.74, 6) is 6.12. The average molecular weight is 159 g/mol. The van der Waals surface area contributed by atoms with E-state index < -0.39 is 0 Å². The van der Waals surface area contributed by atoms with Crippen LogP contribution >= 0.6 is 0 Å². The molecular formula is C11H13N. The lowest BCUT2D eigenvalue weighted by molar-refractivity contribution is 1.28. The second kappa shape index (κ2) is 4.46. The van der Waals surface area contributed by atoms with E-state index in [0.717, 1.165) is 17.7 Å². The van der Waals surface area contributed by atoms with Crippen LogP contribution in [0, 0.1) is 11.8 Å². The van der Waals surface area contributed by atoms with Gasteiger partial charge in [-0.2, -0.15) is 0 Å². The van der Waals surface area contributed by atoms with Gasteiger partial charge in [0.25, 0.3) is 0 Å². The molecule has 1 nitrogen and oxygen atoms in total. The van der Waals surface area contributed by atoms with Gasteiger partial charge in [-0.25, -0.2) is 0 Å². The molecular weight excluding hydrogens is 146 g/mol. The Morgan fingerprint density at radius 2 is 2.25 bits per heavy atom. The van der Waals surface area contributed by atoms with Crippen LogP contribution in [0.1, 0.15) is 18.9 Å². The minimum atomic E-state index is 0.907. The van der Waals surface area contributed by atoms with Gasteiger partial charge in [0.15, 0.2) is 0 Å². The van der Waals surface area contributed by atoms with E-state index in [2.05, 4.69) is 24.1 Å². The Morgan fingerprint density at radius 1 is 1.42 bits per heavy atom. The van der Waals surface area contributed by atoms with Gasteiger partial charge in [0, 0.05) is 24.7 Å². The van der Waals surface area contributed by atoms with E-state index in [4.69, 9.17) is 0 Å². The molecule has 0 aliphatic carbocycles. The summed E-state index contributed by atoms with van der Waals surface area (Å²) >= 11 is 0. The molecule has 0 atom stereocenters. The summed E-state index contributed by atoms with van der Waals surface area (Å²) in [7, 11) is 1.91. The summed E-state index contributed by atoms with van der Waals surface area (Å²) < 4.78 is 0. The molecule has 0 saturated carbocycles. The van der Waals surface area contributed by atoms with Crippen molar-refractivity contribution in [2.75, 3.05) is 12.4 Å². The van der Waals surface area contributed by atoms with Crippen molar-refractivity contribution in [3.8, 4) is 11.8 Å². The van der Waals surface area contributed by atoms with E-state index in [9.17, 15) is 0 Å². The number of hydrogen-bond acceptors (Lipinski definition) is 1. The number of anilines is 1. The Labute approximate surface area is 73.8 Å². The lowest BCUT2D eigenvalue weighted by atomic mass is 10.2. The average Bonchev–Trinajstić information content (AvgIpc) is 2.15. The second-order valence-electron chi connectivity index (χ2n) is 2.49. The Hall–Kier alpha value is -1.42. The van der Waals surface area contributed by atoms with Gasteiger partial charge in [-0.1, -0.05) is 24.8 Å². The van der Waals surface area contributed by atoms with Gasteiger partial charge in [-0.3, -0.25) is 0 Å². The predicted octanol–water partition coefficient (Wildman–Crippen LogP) is 2.49. The zero-order valence-corrected chi connectivity index (χ0v) is 7.52. The Morgan fingerprint density at radius 3 is 2.92 bits per heavy atom. The number of benzene rings is 1. The molecule has 0 aliphatic rings. The molecule has 1 N–H and O–H groups in total. The molecule has 0 spiro atoms. The highest BCUT2D eigenvalue weighted by Crippen LogP contribution is 2.08. The molecule has 1 aromatic rings. The van der Waals surface area contributed by atoms with Crippen LogP contribution in [0.5, 0.6) is 0 Å². The van der Waals surface area contributed by atoms with Gasteiger partial charge in [0.2, 0.25) is 0 Å². The van der Waals surface area contributed by atoms with Crippen molar-refractivity contribution in [3.05, 3.63) is 29.8 Å². The third-order valence-electron chi connectivity index (χ3n) is 1.56. The predicted molar refractivity (Wildman–Crippen MR) is 53.2 cm³/mol. The van der Waals surface area contributed by atoms with Crippen LogP contribution in [0.2, 0.25) is 0 Å². The summed E-state index contributed by atoms with van der Waals surface area (Å²) in [4.78, 5) is 0. The molecule has 1 aromatic carbocycles. The van der Waals surface area contributed by atoms with Gasteiger partial charge >= 0.3 is 0 Å². The topological polar surface area (TPSA) is 12.0 Å². The normalized spacial score (nSPS) is 8.50. The molecule has 0 radical (unpaired) electrons. The fourth-order valence-corrected chi connectivity index (χ4v) is 0.943. The van der Waals surface area contributed by atoms with Crippen molar-refractivity contribution >= 4 is 5.69 Å². The van der Waals surface area contributed by atoms with Gasteiger partial charge < -0.3 is 5.32 Å². The molecule has 0 aromatic heterocycles. The second-order valence-corrected chi connectivity index (χ2v) is 2.49. The van der Waals surface area contributed by atoms with Crippen LogP contribution in [0.4, 0.5) is 5.69 Å². The maximum atomic E-state index is 3.08. The van der Waals surface area contributed by atoms with Crippen molar-refractivity contribution in [1.82, 2.24) is 0 Å². The largest absolute Gasteiger partial charge is 0.388 e. The zero-order chi connectivity index (χ0) is 8.81. The fraction of sp³-hybridized carbons (Fsp3) is 0.273. The van der Waals surface area contributed by atoms with Gasteiger partial charge in [-0.15, -0.1) is 0 Å². The maximum absolute atomic E-state index is 3.08. The summed E-state index contributed by atoms with van der Waals surface area (Å²) in [6, 6.07) is 8.09. The third kappa shape index (κ3) is 2.32. The fourth-order valence-electron chi connectivity index (χ4n) is 0.943. The molecule has 62 valence electrons. The van der Waals surface area contributed by atoms with Crippen LogP contribution in [-0.4, -0.2) is 7.05 Å². The molecule has 0 fully saturated rings. The van der Waals surface area contributed by atoms with E-state index >= 15 is 0 Å². The van der Waals surface area contributed by atoms with Crippen molar-refractivity contribution in [1.29, 1.82) is 0 Å². The minimum absolute atomic E-state index is 0.907. The molecule has 12 heavy (non-hydrogen) atoms. The molecule has 0 aliphatic heterocycles. The summed E-state index contributed by atoms with van der Waals surface area (Å²) in [6.45, 7) is 2.05. The van der Waals surface area contributed by atoms with Crippen LogP contribution in [0.15, 0.2) is 24.3 Å². The third-order valence-corrected chi connectivity index (χ3v) is 1.56. The SMILES string of the molecule is CCC#Cc1cccc(NC)c1. The number of nitrogens with one attached hydrogen (secondary N) is 1. The van der Waals surface area contributed by atoms with Gasteiger partial charge in [-0.05, 0) is 18.2 Å². The first kappa shape index (κ1) is 8.67. The van der Waals surface area contributed by atoms with Gasteiger partial charge in [0.1, 0.15) is 0 Å². The number of hydrogen-bond donors (Lipinski definition) is 1. The maximum Gasteiger partial charge on any atom is 0.0350 e. The molecule has 0 amide bonds. The highest BCUT2D eigenvalue weighted by atomic mass is 14.8. The van der Waals surface area contributed by atoms with Crippen molar-refractivity contribution in [2.45, 2.75) is 13.3 Å². The standard InChI is InChI=1S/C11H13N/c1-3-4-6-10-7-5-8-11(9-10)12-2/h5,7-9,12H,3H2,1-2H3. The summed E-state index contributed by atoms with van der Waals surface area (Å²) in [6.07, 6.45) is 0.907. The van der Waals surface area contributed by atoms with E-state index in [1.807, 2.05) is 31.3 Å². The van der Waals surface area contributed by atoms with Crippen molar-refractivity contribution in [3.63, 3.8) is 0 Å². The first-order chi connectivity index (χ1) is 5.86. The smallest absolute Gasteiger partial charge is 0.0350 e. The molecule has 0 heterocycles. The van der Waals surface area contributed by atoms with Crippen LogP contribution < -0.4 is 5.32 Å². The summed E-state index contributed by atoms with van der Waals surface area (Å²) in [5, 5.41) is 3.08. The first-order valence-corrected chi connectivity index (χ1v) is 4.13. The van der Waals surface area contributed by atoms with E-state index in [0.29, 0.717) is 0 Å². The Kier molecular flexibility index (Phi) is 3.22. The molecule has 0 bridgehead atoms. The lowest BCUT2D eigenvalue weighted by Gasteiger charge is -1.98. The molecule has 0 saturated heterocycles.